The fourth-order valence-corrected chi connectivity index (χ4v) is 3.47. The lowest BCUT2D eigenvalue weighted by Gasteiger charge is -2.07. The van der Waals surface area contributed by atoms with Gasteiger partial charge < -0.3 is 9.88 Å². The molecule has 134 valence electrons. The van der Waals surface area contributed by atoms with Crippen molar-refractivity contribution in [2.24, 2.45) is 0 Å². The van der Waals surface area contributed by atoms with Gasteiger partial charge in [0, 0.05) is 24.5 Å². The number of imidazole rings is 1. The van der Waals surface area contributed by atoms with Crippen LogP contribution in [0, 0.1) is 5.82 Å². The summed E-state index contributed by atoms with van der Waals surface area (Å²) in [5, 5.41) is 3.60. The van der Waals surface area contributed by atoms with Crippen LogP contribution in [0.15, 0.2) is 73.4 Å². The second-order valence-electron chi connectivity index (χ2n) is 5.83. The summed E-state index contributed by atoms with van der Waals surface area (Å²) in [5.74, 6) is -0.599. The smallest absolute Gasteiger partial charge is 0.263 e. The van der Waals surface area contributed by atoms with Crippen molar-refractivity contribution >= 4 is 17.2 Å². The van der Waals surface area contributed by atoms with Crippen LogP contribution in [0.3, 0.4) is 0 Å². The summed E-state index contributed by atoms with van der Waals surface area (Å²) >= 11 is 1.33. The molecule has 27 heavy (non-hydrogen) atoms. The van der Waals surface area contributed by atoms with Gasteiger partial charge in [0.25, 0.3) is 5.91 Å². The molecular formula is C20H15FN4OS. The van der Waals surface area contributed by atoms with Gasteiger partial charge >= 0.3 is 0 Å². The van der Waals surface area contributed by atoms with E-state index in [1.807, 2.05) is 30.3 Å². The Morgan fingerprint density at radius 2 is 2.04 bits per heavy atom. The average Bonchev–Trinajstić information content (AvgIpc) is 3.39. The highest BCUT2D eigenvalue weighted by Crippen LogP contribution is 2.24. The Labute approximate surface area is 159 Å². The Morgan fingerprint density at radius 3 is 2.78 bits per heavy atom. The molecule has 4 aromatic rings. The van der Waals surface area contributed by atoms with Gasteiger partial charge in [-0.2, -0.15) is 0 Å². The van der Waals surface area contributed by atoms with Gasteiger partial charge in [0.2, 0.25) is 0 Å². The molecule has 1 N–H and O–H groups in total. The summed E-state index contributed by atoms with van der Waals surface area (Å²) < 4.78 is 15.9. The number of hydrogen-bond donors (Lipinski definition) is 1. The van der Waals surface area contributed by atoms with Crippen molar-refractivity contribution in [3.63, 3.8) is 0 Å². The van der Waals surface area contributed by atoms with Crippen molar-refractivity contribution in [3.05, 3.63) is 89.7 Å². The molecule has 0 radical (unpaired) electrons. The van der Waals surface area contributed by atoms with Crippen LogP contribution in [-0.2, 0) is 6.54 Å². The van der Waals surface area contributed by atoms with E-state index >= 15 is 0 Å². The van der Waals surface area contributed by atoms with Crippen molar-refractivity contribution < 1.29 is 9.18 Å². The molecule has 2 aromatic carbocycles. The molecule has 0 saturated heterocycles. The maximum atomic E-state index is 14.3. The highest BCUT2D eigenvalue weighted by Gasteiger charge is 2.12. The topological polar surface area (TPSA) is 59.8 Å². The number of hydrogen-bond acceptors (Lipinski definition) is 4. The Kier molecular flexibility index (Phi) is 4.76. The first-order chi connectivity index (χ1) is 13.2. The maximum absolute atomic E-state index is 14.3. The molecule has 0 spiro atoms. The van der Waals surface area contributed by atoms with Crippen molar-refractivity contribution in [1.82, 2.24) is 19.9 Å². The van der Waals surface area contributed by atoms with E-state index in [1.165, 1.54) is 23.7 Å². The van der Waals surface area contributed by atoms with Crippen LogP contribution in [0.4, 0.5) is 4.39 Å². The summed E-state index contributed by atoms with van der Waals surface area (Å²) in [6.07, 6.45) is 6.36. The lowest BCUT2D eigenvalue weighted by Crippen LogP contribution is -2.21. The van der Waals surface area contributed by atoms with Gasteiger partial charge in [0.15, 0.2) is 0 Å². The summed E-state index contributed by atoms with van der Waals surface area (Å²) in [7, 11) is 0. The van der Waals surface area contributed by atoms with Crippen LogP contribution < -0.4 is 5.32 Å². The van der Waals surface area contributed by atoms with Gasteiger partial charge in [-0.25, -0.2) is 14.4 Å². The Hall–Kier alpha value is -3.32. The van der Waals surface area contributed by atoms with Crippen molar-refractivity contribution in [1.29, 1.82) is 0 Å². The average molecular weight is 378 g/mol. The molecule has 0 saturated carbocycles. The highest BCUT2D eigenvalue weighted by molar-refractivity contribution is 7.16. The van der Waals surface area contributed by atoms with E-state index in [9.17, 15) is 9.18 Å². The first-order valence-corrected chi connectivity index (χ1v) is 9.08. The van der Waals surface area contributed by atoms with E-state index in [4.69, 9.17) is 0 Å². The molecule has 7 heteroatoms. The molecule has 0 fully saturated rings. The first-order valence-electron chi connectivity index (χ1n) is 8.27. The van der Waals surface area contributed by atoms with E-state index < -0.39 is 0 Å². The van der Waals surface area contributed by atoms with E-state index in [0.717, 1.165) is 10.6 Å². The normalized spacial score (nSPS) is 10.7. The number of amides is 1. The number of carbonyl (C=O) groups is 1. The molecule has 0 unspecified atom stereocenters. The van der Waals surface area contributed by atoms with Crippen molar-refractivity contribution in [2.75, 3.05) is 0 Å². The van der Waals surface area contributed by atoms with Crippen molar-refractivity contribution in [3.8, 4) is 16.3 Å². The number of nitrogens with one attached hydrogen (secondary N) is 1. The van der Waals surface area contributed by atoms with E-state index in [1.54, 1.807) is 35.3 Å². The predicted molar refractivity (Wildman–Crippen MR) is 102 cm³/mol. The maximum Gasteiger partial charge on any atom is 0.263 e. The quantitative estimate of drug-likeness (QED) is 0.570. The van der Waals surface area contributed by atoms with E-state index in [2.05, 4.69) is 15.3 Å². The molecule has 0 aliphatic heterocycles. The second kappa shape index (κ2) is 7.51. The third-order valence-electron chi connectivity index (χ3n) is 4.00. The number of nitrogens with zero attached hydrogens (tertiary/aromatic N) is 3. The Morgan fingerprint density at radius 1 is 1.19 bits per heavy atom. The molecule has 2 aromatic heterocycles. The first kappa shape index (κ1) is 17.1. The summed E-state index contributed by atoms with van der Waals surface area (Å²) in [4.78, 5) is 21.1. The second-order valence-corrected chi connectivity index (χ2v) is 6.86. The molecule has 0 aliphatic carbocycles. The van der Waals surface area contributed by atoms with Crippen LogP contribution in [-0.4, -0.2) is 20.4 Å². The van der Waals surface area contributed by atoms with Gasteiger partial charge in [-0.15, -0.1) is 11.3 Å². The fraction of sp³-hybridized carbons (Fsp3) is 0.0500. The van der Waals surface area contributed by atoms with Gasteiger partial charge in [-0.1, -0.05) is 36.4 Å². The monoisotopic (exact) mass is 378 g/mol. The lowest BCUT2D eigenvalue weighted by atomic mass is 10.2. The summed E-state index contributed by atoms with van der Waals surface area (Å²) in [6.45, 7) is 0.235. The minimum atomic E-state index is -0.371. The minimum Gasteiger partial charge on any atom is -0.347 e. The molecule has 4 rings (SSSR count). The predicted octanol–water partition coefficient (Wildman–Crippen LogP) is 4.06. The van der Waals surface area contributed by atoms with Crippen LogP contribution in [0.5, 0.6) is 0 Å². The molecule has 0 aliphatic rings. The van der Waals surface area contributed by atoms with Crippen LogP contribution >= 0.6 is 11.3 Å². The third kappa shape index (κ3) is 3.78. The largest absolute Gasteiger partial charge is 0.347 e. The van der Waals surface area contributed by atoms with Gasteiger partial charge in [0.1, 0.15) is 15.7 Å². The van der Waals surface area contributed by atoms with Crippen LogP contribution in [0.25, 0.3) is 16.3 Å². The molecule has 5 nitrogen and oxygen atoms in total. The zero-order valence-electron chi connectivity index (χ0n) is 14.2. The highest BCUT2D eigenvalue weighted by atomic mass is 32.1. The van der Waals surface area contributed by atoms with Crippen LogP contribution in [0.2, 0.25) is 0 Å². The van der Waals surface area contributed by atoms with Gasteiger partial charge in [-0.05, 0) is 17.7 Å². The zero-order chi connectivity index (χ0) is 18.6. The number of aromatic nitrogens is 3. The minimum absolute atomic E-state index is 0.228. The van der Waals surface area contributed by atoms with Gasteiger partial charge in [-0.3, -0.25) is 4.79 Å². The molecule has 1 amide bonds. The summed E-state index contributed by atoms with van der Waals surface area (Å²) in [5.41, 5.74) is 2.06. The Balaban J connectivity index is 1.42. The van der Waals surface area contributed by atoms with E-state index in [-0.39, 0.29) is 18.3 Å². The third-order valence-corrected chi connectivity index (χ3v) is 5.04. The van der Waals surface area contributed by atoms with Crippen LogP contribution in [0.1, 0.15) is 15.2 Å². The number of thiazole rings is 1. The lowest BCUT2D eigenvalue weighted by molar-refractivity contribution is 0.0954. The number of benzene rings is 2. The SMILES string of the molecule is O=C(NCc1ccc(-n2ccnc2)c(F)c1)c1cnc(-c2ccccc2)s1. The molecule has 0 atom stereocenters. The zero-order valence-corrected chi connectivity index (χ0v) is 15.0. The van der Waals surface area contributed by atoms with Gasteiger partial charge in [0.05, 0.1) is 18.2 Å². The number of rotatable bonds is 5. The van der Waals surface area contributed by atoms with E-state index in [0.29, 0.717) is 16.1 Å². The van der Waals surface area contributed by atoms with Crippen molar-refractivity contribution in [2.45, 2.75) is 6.54 Å². The summed E-state index contributed by atoms with van der Waals surface area (Å²) in [6, 6.07) is 14.5. The fourth-order valence-electron chi connectivity index (χ4n) is 2.63. The Bertz CT molecular complexity index is 1060. The molecular weight excluding hydrogens is 363 g/mol. The molecule has 0 bridgehead atoms. The number of halogens is 1. The standard InChI is InChI=1S/C20H15FN4OS/c21-16-10-14(6-7-17(16)25-9-8-22-13-25)11-23-19(26)18-12-24-20(27-18)15-4-2-1-3-5-15/h1-10,12-13H,11H2,(H,23,26). The number of carbonyl (C=O) groups excluding carboxylic acids is 1. The molecule has 2 heterocycles.